The molecule has 2 heteroatoms. The topological polar surface area (TPSA) is 40.5 Å². The number of aromatic hydroxyl groups is 2. The quantitative estimate of drug-likeness (QED) is 0.695. The van der Waals surface area contributed by atoms with Gasteiger partial charge in [-0.15, -0.1) is 0 Å². The third-order valence-corrected chi connectivity index (χ3v) is 3.31. The molecule has 0 saturated heterocycles. The molecule has 0 radical (unpaired) electrons. The number of phenolic OH excluding ortho intramolecular Hbond substituents is 2. The molecule has 17 heavy (non-hydrogen) atoms. The lowest BCUT2D eigenvalue weighted by atomic mass is 9.95. The van der Waals surface area contributed by atoms with E-state index < -0.39 is 0 Å². The molecule has 1 aromatic carbocycles. The Morgan fingerprint density at radius 2 is 1.71 bits per heavy atom. The van der Waals surface area contributed by atoms with E-state index in [1.165, 1.54) is 25.7 Å². The largest absolute Gasteiger partial charge is 0.508 e. The van der Waals surface area contributed by atoms with E-state index in [1.54, 1.807) is 18.2 Å². The molecule has 0 aliphatic rings. The summed E-state index contributed by atoms with van der Waals surface area (Å²) in [6, 6.07) is 4.94. The van der Waals surface area contributed by atoms with E-state index in [4.69, 9.17) is 0 Å². The number of rotatable bonds is 7. The lowest BCUT2D eigenvalue weighted by molar-refractivity contribution is 0.421. The van der Waals surface area contributed by atoms with Crippen molar-refractivity contribution in [1.29, 1.82) is 0 Å². The van der Waals surface area contributed by atoms with Gasteiger partial charge in [-0.05, 0) is 30.9 Å². The molecule has 0 fully saturated rings. The van der Waals surface area contributed by atoms with E-state index >= 15 is 0 Å². The number of hydrogen-bond acceptors (Lipinski definition) is 2. The fraction of sp³-hybridized carbons (Fsp3) is 0.600. The van der Waals surface area contributed by atoms with Gasteiger partial charge in [0.1, 0.15) is 11.5 Å². The van der Waals surface area contributed by atoms with Crippen LogP contribution in [0, 0.1) is 5.92 Å². The monoisotopic (exact) mass is 236 g/mol. The van der Waals surface area contributed by atoms with E-state index in [9.17, 15) is 10.2 Å². The van der Waals surface area contributed by atoms with Crippen molar-refractivity contribution in [1.82, 2.24) is 0 Å². The molecule has 1 aromatic rings. The van der Waals surface area contributed by atoms with Crippen molar-refractivity contribution in [2.45, 2.75) is 52.4 Å². The van der Waals surface area contributed by atoms with Gasteiger partial charge >= 0.3 is 0 Å². The van der Waals surface area contributed by atoms with Gasteiger partial charge in [0.2, 0.25) is 0 Å². The average molecular weight is 236 g/mol. The van der Waals surface area contributed by atoms with Gasteiger partial charge in [-0.2, -0.15) is 0 Å². The molecule has 0 amide bonds. The lowest BCUT2D eigenvalue weighted by Crippen LogP contribution is -1.98. The van der Waals surface area contributed by atoms with E-state index in [0.29, 0.717) is 11.5 Å². The first-order valence-corrected chi connectivity index (χ1v) is 6.65. The highest BCUT2D eigenvalue weighted by atomic mass is 16.3. The van der Waals surface area contributed by atoms with Crippen molar-refractivity contribution in [2.75, 3.05) is 0 Å². The van der Waals surface area contributed by atoms with Gasteiger partial charge in [-0.1, -0.05) is 45.6 Å². The van der Waals surface area contributed by atoms with E-state index in [-0.39, 0.29) is 11.5 Å². The second-order valence-electron chi connectivity index (χ2n) is 4.91. The molecular formula is C15H24O2. The van der Waals surface area contributed by atoms with Gasteiger partial charge in [0.25, 0.3) is 0 Å². The Morgan fingerprint density at radius 3 is 2.29 bits per heavy atom. The van der Waals surface area contributed by atoms with Crippen LogP contribution in [-0.2, 0) is 6.42 Å². The summed E-state index contributed by atoms with van der Waals surface area (Å²) in [6.45, 7) is 4.46. The van der Waals surface area contributed by atoms with Crippen LogP contribution in [0.15, 0.2) is 18.2 Å². The van der Waals surface area contributed by atoms with E-state index in [1.807, 2.05) is 0 Å². The van der Waals surface area contributed by atoms with Crippen LogP contribution in [0.1, 0.15) is 51.5 Å². The molecule has 2 nitrogen and oxygen atoms in total. The Labute approximate surface area is 104 Å². The zero-order chi connectivity index (χ0) is 12.7. The van der Waals surface area contributed by atoms with Crippen molar-refractivity contribution in [3.63, 3.8) is 0 Å². The minimum absolute atomic E-state index is 0.214. The van der Waals surface area contributed by atoms with Gasteiger partial charge in [0, 0.05) is 5.56 Å². The summed E-state index contributed by atoms with van der Waals surface area (Å²) in [6.07, 6.45) is 6.85. The summed E-state index contributed by atoms with van der Waals surface area (Å²) in [4.78, 5) is 0. The SMILES string of the molecule is CCCCCC(C)CCc1c(O)cccc1O. The molecule has 0 spiro atoms. The van der Waals surface area contributed by atoms with Crippen LogP contribution >= 0.6 is 0 Å². The predicted molar refractivity (Wildman–Crippen MR) is 71.4 cm³/mol. The number of phenols is 2. The van der Waals surface area contributed by atoms with Crippen LogP contribution in [0.3, 0.4) is 0 Å². The first kappa shape index (κ1) is 13.9. The molecular weight excluding hydrogens is 212 g/mol. The number of benzene rings is 1. The normalized spacial score (nSPS) is 12.6. The van der Waals surface area contributed by atoms with Gasteiger partial charge < -0.3 is 10.2 Å². The van der Waals surface area contributed by atoms with Crippen LogP contribution in [0.4, 0.5) is 0 Å². The average Bonchev–Trinajstić information content (AvgIpc) is 2.29. The van der Waals surface area contributed by atoms with Crippen LogP contribution in [0.2, 0.25) is 0 Å². The van der Waals surface area contributed by atoms with E-state index in [0.717, 1.165) is 12.8 Å². The Balaban J connectivity index is 2.39. The molecule has 1 rings (SSSR count). The smallest absolute Gasteiger partial charge is 0.122 e. The Kier molecular flexibility index (Phi) is 5.88. The summed E-state index contributed by atoms with van der Waals surface area (Å²) in [5, 5.41) is 19.3. The zero-order valence-electron chi connectivity index (χ0n) is 10.9. The van der Waals surface area contributed by atoms with Crippen LogP contribution < -0.4 is 0 Å². The second kappa shape index (κ2) is 7.21. The van der Waals surface area contributed by atoms with Gasteiger partial charge in [0.05, 0.1) is 0 Å². The summed E-state index contributed by atoms with van der Waals surface area (Å²) < 4.78 is 0. The molecule has 1 atom stereocenters. The lowest BCUT2D eigenvalue weighted by Gasteiger charge is -2.12. The summed E-state index contributed by atoms with van der Waals surface area (Å²) >= 11 is 0. The highest BCUT2D eigenvalue weighted by Gasteiger charge is 2.09. The number of unbranched alkanes of at least 4 members (excludes halogenated alkanes) is 2. The molecule has 0 aromatic heterocycles. The molecule has 2 N–H and O–H groups in total. The highest BCUT2D eigenvalue weighted by molar-refractivity contribution is 5.42. The molecule has 0 bridgehead atoms. The van der Waals surface area contributed by atoms with Crippen molar-refractivity contribution >= 4 is 0 Å². The Morgan fingerprint density at radius 1 is 1.06 bits per heavy atom. The minimum Gasteiger partial charge on any atom is -0.508 e. The maximum atomic E-state index is 9.66. The first-order chi connectivity index (χ1) is 8.15. The van der Waals surface area contributed by atoms with Crippen molar-refractivity contribution in [3.05, 3.63) is 23.8 Å². The molecule has 0 aliphatic heterocycles. The van der Waals surface area contributed by atoms with E-state index in [2.05, 4.69) is 13.8 Å². The van der Waals surface area contributed by atoms with Crippen LogP contribution in [0.5, 0.6) is 11.5 Å². The standard InChI is InChI=1S/C15H24O2/c1-3-4-5-7-12(2)10-11-13-14(16)8-6-9-15(13)17/h6,8-9,12,16-17H,3-5,7,10-11H2,1-2H3. The van der Waals surface area contributed by atoms with Crippen molar-refractivity contribution in [3.8, 4) is 11.5 Å². The molecule has 0 saturated carbocycles. The zero-order valence-corrected chi connectivity index (χ0v) is 10.9. The molecule has 96 valence electrons. The third-order valence-electron chi connectivity index (χ3n) is 3.31. The summed E-state index contributed by atoms with van der Waals surface area (Å²) in [5.74, 6) is 1.08. The van der Waals surface area contributed by atoms with Gasteiger partial charge in [0.15, 0.2) is 0 Å². The predicted octanol–water partition coefficient (Wildman–Crippen LogP) is 4.25. The van der Waals surface area contributed by atoms with Gasteiger partial charge in [-0.25, -0.2) is 0 Å². The fourth-order valence-corrected chi connectivity index (χ4v) is 2.10. The van der Waals surface area contributed by atoms with Crippen LogP contribution in [-0.4, -0.2) is 10.2 Å². The van der Waals surface area contributed by atoms with Gasteiger partial charge in [-0.3, -0.25) is 0 Å². The fourth-order valence-electron chi connectivity index (χ4n) is 2.10. The highest BCUT2D eigenvalue weighted by Crippen LogP contribution is 2.29. The molecule has 0 heterocycles. The van der Waals surface area contributed by atoms with Crippen LogP contribution in [0.25, 0.3) is 0 Å². The van der Waals surface area contributed by atoms with Crippen molar-refractivity contribution < 1.29 is 10.2 Å². The Hall–Kier alpha value is -1.18. The minimum atomic E-state index is 0.214. The molecule has 0 aliphatic carbocycles. The first-order valence-electron chi connectivity index (χ1n) is 6.65. The maximum Gasteiger partial charge on any atom is 0.122 e. The third kappa shape index (κ3) is 4.68. The maximum absolute atomic E-state index is 9.66. The summed E-state index contributed by atoms with van der Waals surface area (Å²) in [5.41, 5.74) is 0.690. The second-order valence-corrected chi connectivity index (χ2v) is 4.91. The molecule has 1 unspecified atom stereocenters. The summed E-state index contributed by atoms with van der Waals surface area (Å²) in [7, 11) is 0. The van der Waals surface area contributed by atoms with Crippen molar-refractivity contribution in [2.24, 2.45) is 5.92 Å². The number of hydrogen-bond donors (Lipinski definition) is 2. The Bertz CT molecular complexity index is 313.